The molecule has 0 saturated carbocycles. The predicted molar refractivity (Wildman–Crippen MR) is 69.2 cm³/mol. The maximum atomic E-state index is 12.1. The Hall–Kier alpha value is -1.74. The first-order valence-corrected chi connectivity index (χ1v) is 6.98. The third kappa shape index (κ3) is 2.74. The minimum Gasteiger partial charge on any atom is -0.399 e. The van der Waals surface area contributed by atoms with Crippen LogP contribution >= 0.6 is 15.9 Å². The fraction of sp³-hybridized carbons (Fsp3) is 0. The number of aromatic nitrogens is 3. The molecular weight excluding hydrogens is 322 g/mol. The third-order valence-corrected chi connectivity index (χ3v) is 4.28. The van der Waals surface area contributed by atoms with Crippen molar-refractivity contribution in [2.45, 2.75) is 4.90 Å². The van der Waals surface area contributed by atoms with E-state index < -0.39 is 10.0 Å². The van der Waals surface area contributed by atoms with E-state index in [2.05, 4.69) is 35.8 Å². The van der Waals surface area contributed by atoms with Crippen LogP contribution in [0.3, 0.4) is 0 Å². The van der Waals surface area contributed by atoms with Crippen LogP contribution in [0.1, 0.15) is 0 Å². The van der Waals surface area contributed by atoms with Crippen molar-refractivity contribution in [3.63, 3.8) is 0 Å². The summed E-state index contributed by atoms with van der Waals surface area (Å²) in [7, 11) is -3.81. The lowest BCUT2D eigenvalue weighted by atomic mass is 10.3. The molecule has 1 heterocycles. The number of nitrogen functional groups attached to an aromatic ring is 1. The number of benzene rings is 1. The lowest BCUT2D eigenvalue weighted by Gasteiger charge is -2.08. The van der Waals surface area contributed by atoms with E-state index >= 15 is 0 Å². The van der Waals surface area contributed by atoms with Gasteiger partial charge in [-0.3, -0.25) is 0 Å². The van der Waals surface area contributed by atoms with Crippen LogP contribution < -0.4 is 10.5 Å². The molecule has 1 aromatic heterocycles. The van der Waals surface area contributed by atoms with E-state index in [1.54, 1.807) is 12.1 Å². The number of hydrogen-bond donors (Lipinski definition) is 2. The standard InChI is InChI=1S/C9H8BrN5O2S/c10-7-2-1-6(11)5-8(7)18(16,17)15-9-12-3-4-13-14-9/h1-5H,11H2,(H,12,14,15). The molecule has 9 heteroatoms. The summed E-state index contributed by atoms with van der Waals surface area (Å²) < 4.78 is 26.7. The zero-order valence-electron chi connectivity index (χ0n) is 8.91. The van der Waals surface area contributed by atoms with E-state index in [0.29, 0.717) is 10.2 Å². The van der Waals surface area contributed by atoms with Crippen molar-refractivity contribution in [1.82, 2.24) is 15.2 Å². The summed E-state index contributed by atoms with van der Waals surface area (Å²) in [5, 5.41) is 7.07. The molecule has 18 heavy (non-hydrogen) atoms. The molecule has 0 unspecified atom stereocenters. The quantitative estimate of drug-likeness (QED) is 0.813. The van der Waals surface area contributed by atoms with Gasteiger partial charge >= 0.3 is 0 Å². The maximum Gasteiger partial charge on any atom is 0.265 e. The van der Waals surface area contributed by atoms with Gasteiger partial charge in [0.15, 0.2) is 0 Å². The third-order valence-electron chi connectivity index (χ3n) is 1.95. The van der Waals surface area contributed by atoms with Gasteiger partial charge in [-0.25, -0.2) is 18.1 Å². The normalized spacial score (nSPS) is 11.2. The Morgan fingerprint density at radius 2 is 2.06 bits per heavy atom. The molecule has 0 bridgehead atoms. The number of anilines is 2. The number of hydrogen-bond acceptors (Lipinski definition) is 6. The highest BCUT2D eigenvalue weighted by Crippen LogP contribution is 2.25. The SMILES string of the molecule is Nc1ccc(Br)c(S(=O)(=O)Nc2nccnn2)c1. The molecule has 2 rings (SSSR count). The van der Waals surface area contributed by atoms with E-state index in [-0.39, 0.29) is 10.8 Å². The molecule has 7 nitrogen and oxygen atoms in total. The van der Waals surface area contributed by atoms with Crippen LogP contribution in [0.15, 0.2) is 40.0 Å². The highest BCUT2D eigenvalue weighted by atomic mass is 79.9. The van der Waals surface area contributed by atoms with Crippen LogP contribution in [-0.2, 0) is 10.0 Å². The second kappa shape index (κ2) is 4.86. The van der Waals surface area contributed by atoms with Gasteiger partial charge in [0.2, 0.25) is 0 Å². The number of nitrogens with two attached hydrogens (primary N) is 1. The van der Waals surface area contributed by atoms with Crippen LogP contribution in [0.25, 0.3) is 0 Å². The first-order chi connectivity index (χ1) is 8.49. The second-order valence-electron chi connectivity index (χ2n) is 3.26. The molecule has 0 fully saturated rings. The van der Waals surface area contributed by atoms with Gasteiger partial charge in [-0.05, 0) is 34.1 Å². The molecule has 2 aromatic rings. The lowest BCUT2D eigenvalue weighted by Crippen LogP contribution is -2.16. The Morgan fingerprint density at radius 3 is 2.72 bits per heavy atom. The molecule has 0 spiro atoms. The Morgan fingerprint density at radius 1 is 1.28 bits per heavy atom. The molecule has 1 aromatic carbocycles. The first-order valence-electron chi connectivity index (χ1n) is 4.70. The Balaban J connectivity index is 2.40. The van der Waals surface area contributed by atoms with Crippen molar-refractivity contribution in [2.24, 2.45) is 0 Å². The zero-order valence-corrected chi connectivity index (χ0v) is 11.3. The van der Waals surface area contributed by atoms with Crippen LogP contribution in [-0.4, -0.2) is 23.6 Å². The van der Waals surface area contributed by atoms with Crippen LogP contribution in [0.5, 0.6) is 0 Å². The van der Waals surface area contributed by atoms with Gasteiger partial charge in [-0.2, -0.15) is 5.10 Å². The average molecular weight is 330 g/mol. The van der Waals surface area contributed by atoms with Gasteiger partial charge in [0.1, 0.15) is 4.90 Å². The van der Waals surface area contributed by atoms with E-state index in [0.717, 1.165) is 0 Å². The molecular formula is C9H8BrN5O2S. The summed E-state index contributed by atoms with van der Waals surface area (Å²) >= 11 is 3.15. The smallest absolute Gasteiger partial charge is 0.265 e. The Bertz CT molecular complexity index is 662. The van der Waals surface area contributed by atoms with Crippen LogP contribution in [0.4, 0.5) is 11.6 Å². The van der Waals surface area contributed by atoms with Gasteiger partial charge in [-0.15, -0.1) is 5.10 Å². The maximum absolute atomic E-state index is 12.1. The molecule has 0 saturated heterocycles. The summed E-state index contributed by atoms with van der Waals surface area (Å²) in [4.78, 5) is 3.74. The summed E-state index contributed by atoms with van der Waals surface area (Å²) in [6.07, 6.45) is 2.67. The molecule has 0 atom stereocenters. The Kier molecular flexibility index (Phi) is 3.43. The summed E-state index contributed by atoms with van der Waals surface area (Å²) in [5.74, 6) is -0.105. The van der Waals surface area contributed by atoms with Crippen molar-refractivity contribution < 1.29 is 8.42 Å². The van der Waals surface area contributed by atoms with Gasteiger partial charge in [-0.1, -0.05) is 0 Å². The first kappa shape index (κ1) is 12.7. The van der Waals surface area contributed by atoms with Crippen molar-refractivity contribution in [1.29, 1.82) is 0 Å². The number of nitrogens with zero attached hydrogens (tertiary/aromatic N) is 3. The highest BCUT2D eigenvalue weighted by molar-refractivity contribution is 9.10. The molecule has 3 N–H and O–H groups in total. The summed E-state index contributed by atoms with van der Waals surface area (Å²) in [6, 6.07) is 4.47. The lowest BCUT2D eigenvalue weighted by molar-refractivity contribution is 0.600. The number of nitrogens with one attached hydrogen (secondary N) is 1. The predicted octanol–water partition coefficient (Wildman–Crippen LogP) is 1.02. The zero-order chi connectivity index (χ0) is 13.2. The van der Waals surface area contributed by atoms with Gasteiger partial charge in [0, 0.05) is 10.2 Å². The minimum atomic E-state index is -3.81. The fourth-order valence-electron chi connectivity index (χ4n) is 1.20. The minimum absolute atomic E-state index is 0.00922. The monoisotopic (exact) mass is 329 g/mol. The molecule has 0 aliphatic carbocycles. The number of sulfonamides is 1. The van der Waals surface area contributed by atoms with E-state index in [9.17, 15) is 8.42 Å². The van der Waals surface area contributed by atoms with Gasteiger partial charge < -0.3 is 5.73 Å². The average Bonchev–Trinajstić information content (AvgIpc) is 2.33. The van der Waals surface area contributed by atoms with Crippen LogP contribution in [0, 0.1) is 0 Å². The van der Waals surface area contributed by atoms with Crippen molar-refractivity contribution in [3.8, 4) is 0 Å². The van der Waals surface area contributed by atoms with Gasteiger partial charge in [0.25, 0.3) is 16.0 Å². The van der Waals surface area contributed by atoms with E-state index in [1.165, 1.54) is 18.5 Å². The number of halogens is 1. The molecule has 94 valence electrons. The van der Waals surface area contributed by atoms with Crippen molar-refractivity contribution in [2.75, 3.05) is 10.5 Å². The molecule has 0 aliphatic heterocycles. The van der Waals surface area contributed by atoms with E-state index in [1.807, 2.05) is 0 Å². The van der Waals surface area contributed by atoms with Crippen molar-refractivity contribution >= 4 is 37.6 Å². The largest absolute Gasteiger partial charge is 0.399 e. The molecule has 0 aliphatic rings. The summed E-state index contributed by atoms with van der Waals surface area (Å²) in [5.41, 5.74) is 5.90. The van der Waals surface area contributed by atoms with E-state index in [4.69, 9.17) is 5.73 Å². The fourth-order valence-corrected chi connectivity index (χ4v) is 3.14. The Labute approximate surface area is 112 Å². The van der Waals surface area contributed by atoms with Gasteiger partial charge in [0.05, 0.1) is 12.4 Å². The topological polar surface area (TPSA) is 111 Å². The molecule has 0 amide bonds. The van der Waals surface area contributed by atoms with Crippen LogP contribution in [0.2, 0.25) is 0 Å². The van der Waals surface area contributed by atoms with Crippen molar-refractivity contribution in [3.05, 3.63) is 35.1 Å². The summed E-state index contributed by atoms with van der Waals surface area (Å²) in [6.45, 7) is 0. The molecule has 0 radical (unpaired) electrons. The number of rotatable bonds is 3. The highest BCUT2D eigenvalue weighted by Gasteiger charge is 2.19. The second-order valence-corrected chi connectivity index (χ2v) is 5.77.